The fraction of sp³-hybridized carbons (Fsp3) is 0.462. The number of carbonyl (C=O) groups is 1. The topological polar surface area (TPSA) is 75.4 Å². The summed E-state index contributed by atoms with van der Waals surface area (Å²) in [6, 6.07) is 6.26. The molecular formula is C13H20N2O2. The molecule has 2 atom stereocenters. The highest BCUT2D eigenvalue weighted by atomic mass is 16.3. The Morgan fingerprint density at radius 3 is 2.53 bits per heavy atom. The van der Waals surface area contributed by atoms with Gasteiger partial charge in [-0.15, -0.1) is 0 Å². The lowest BCUT2D eigenvalue weighted by Crippen LogP contribution is -2.44. The molecule has 1 aromatic carbocycles. The predicted molar refractivity (Wildman–Crippen MR) is 67.4 cm³/mol. The van der Waals surface area contributed by atoms with Crippen molar-refractivity contribution >= 4 is 5.91 Å². The molecule has 0 aliphatic heterocycles. The van der Waals surface area contributed by atoms with Gasteiger partial charge in [0, 0.05) is 6.54 Å². The van der Waals surface area contributed by atoms with Crippen LogP contribution in [0.5, 0.6) is 5.75 Å². The summed E-state index contributed by atoms with van der Waals surface area (Å²) >= 11 is 0. The predicted octanol–water partition coefficient (Wildman–Crippen LogP) is 1.38. The van der Waals surface area contributed by atoms with E-state index >= 15 is 0 Å². The Kier molecular flexibility index (Phi) is 4.97. The molecule has 94 valence electrons. The standard InChI is InChI=1S/C13H20N2O2/c1-3-9(2)12(14)13(17)15-8-10-4-6-11(16)7-5-10/h4-7,9,12,16H,3,8,14H2,1-2H3,(H,15,17). The third kappa shape index (κ3) is 4.07. The number of carbonyl (C=O) groups excluding carboxylic acids is 1. The summed E-state index contributed by atoms with van der Waals surface area (Å²) in [5.74, 6) is 0.263. The van der Waals surface area contributed by atoms with E-state index < -0.39 is 6.04 Å². The van der Waals surface area contributed by atoms with Gasteiger partial charge < -0.3 is 16.2 Å². The molecule has 0 aliphatic rings. The SMILES string of the molecule is CCC(C)C(N)C(=O)NCc1ccc(O)cc1. The second-order valence-corrected chi connectivity index (χ2v) is 4.30. The van der Waals surface area contributed by atoms with E-state index in [4.69, 9.17) is 10.8 Å². The number of aromatic hydroxyl groups is 1. The van der Waals surface area contributed by atoms with E-state index in [-0.39, 0.29) is 17.6 Å². The fourth-order valence-corrected chi connectivity index (χ4v) is 1.43. The number of hydrogen-bond acceptors (Lipinski definition) is 3. The first-order valence-corrected chi connectivity index (χ1v) is 5.85. The molecule has 2 unspecified atom stereocenters. The van der Waals surface area contributed by atoms with Crippen molar-refractivity contribution < 1.29 is 9.90 Å². The van der Waals surface area contributed by atoms with Crippen LogP contribution in [0, 0.1) is 5.92 Å². The van der Waals surface area contributed by atoms with Gasteiger partial charge in [-0.1, -0.05) is 32.4 Å². The van der Waals surface area contributed by atoms with Gasteiger partial charge in [0.05, 0.1) is 6.04 Å². The van der Waals surface area contributed by atoms with E-state index in [0.29, 0.717) is 6.54 Å². The molecule has 17 heavy (non-hydrogen) atoms. The quantitative estimate of drug-likeness (QED) is 0.723. The van der Waals surface area contributed by atoms with Crippen LogP contribution in [0.15, 0.2) is 24.3 Å². The van der Waals surface area contributed by atoms with Crippen LogP contribution in [0.25, 0.3) is 0 Å². The van der Waals surface area contributed by atoms with Crippen LogP contribution in [0.1, 0.15) is 25.8 Å². The smallest absolute Gasteiger partial charge is 0.237 e. The first-order chi connectivity index (χ1) is 8.04. The van der Waals surface area contributed by atoms with Crippen molar-refractivity contribution in [3.63, 3.8) is 0 Å². The molecule has 4 heteroatoms. The van der Waals surface area contributed by atoms with Gasteiger partial charge in [0.15, 0.2) is 0 Å². The Morgan fingerprint density at radius 2 is 2.00 bits per heavy atom. The Bertz CT molecular complexity index is 362. The molecule has 0 heterocycles. The molecule has 4 N–H and O–H groups in total. The summed E-state index contributed by atoms with van der Waals surface area (Å²) in [4.78, 5) is 11.7. The first kappa shape index (κ1) is 13.5. The van der Waals surface area contributed by atoms with Gasteiger partial charge in [0.1, 0.15) is 5.75 Å². The van der Waals surface area contributed by atoms with Gasteiger partial charge >= 0.3 is 0 Å². The third-order valence-electron chi connectivity index (χ3n) is 2.96. The Labute approximate surface area is 102 Å². The van der Waals surface area contributed by atoms with Crippen molar-refractivity contribution in [3.05, 3.63) is 29.8 Å². The minimum Gasteiger partial charge on any atom is -0.508 e. The van der Waals surface area contributed by atoms with Crippen molar-refractivity contribution in [1.82, 2.24) is 5.32 Å². The van der Waals surface area contributed by atoms with E-state index in [0.717, 1.165) is 12.0 Å². The van der Waals surface area contributed by atoms with Crippen molar-refractivity contribution in [2.45, 2.75) is 32.9 Å². The lowest BCUT2D eigenvalue weighted by atomic mass is 9.99. The van der Waals surface area contributed by atoms with E-state index in [1.54, 1.807) is 24.3 Å². The molecule has 0 radical (unpaired) electrons. The molecule has 0 aliphatic carbocycles. The summed E-state index contributed by atoms with van der Waals surface area (Å²) in [5, 5.41) is 11.9. The number of benzene rings is 1. The Balaban J connectivity index is 2.45. The zero-order valence-corrected chi connectivity index (χ0v) is 10.3. The summed E-state index contributed by atoms with van der Waals surface area (Å²) in [6.07, 6.45) is 0.883. The van der Waals surface area contributed by atoms with Crippen LogP contribution in [0.2, 0.25) is 0 Å². The maximum absolute atomic E-state index is 11.7. The third-order valence-corrected chi connectivity index (χ3v) is 2.96. The molecule has 1 rings (SSSR count). The zero-order chi connectivity index (χ0) is 12.8. The lowest BCUT2D eigenvalue weighted by molar-refractivity contribution is -0.123. The average molecular weight is 236 g/mol. The highest BCUT2D eigenvalue weighted by molar-refractivity contribution is 5.81. The lowest BCUT2D eigenvalue weighted by Gasteiger charge is -2.17. The van der Waals surface area contributed by atoms with Crippen molar-refractivity contribution in [2.75, 3.05) is 0 Å². The molecule has 0 bridgehead atoms. The maximum Gasteiger partial charge on any atom is 0.237 e. The van der Waals surface area contributed by atoms with Gasteiger partial charge in [-0.2, -0.15) is 0 Å². The van der Waals surface area contributed by atoms with Crippen LogP contribution >= 0.6 is 0 Å². The summed E-state index contributed by atoms with van der Waals surface area (Å²) < 4.78 is 0. The normalized spacial score (nSPS) is 14.1. The molecule has 0 spiro atoms. The van der Waals surface area contributed by atoms with Gasteiger partial charge in [-0.3, -0.25) is 4.79 Å². The number of hydrogen-bond donors (Lipinski definition) is 3. The van der Waals surface area contributed by atoms with Gasteiger partial charge in [0.2, 0.25) is 5.91 Å². The highest BCUT2D eigenvalue weighted by Crippen LogP contribution is 2.10. The van der Waals surface area contributed by atoms with Crippen LogP contribution in [0.3, 0.4) is 0 Å². The second kappa shape index (κ2) is 6.25. The molecule has 0 fully saturated rings. The second-order valence-electron chi connectivity index (χ2n) is 4.30. The maximum atomic E-state index is 11.7. The summed E-state index contributed by atoms with van der Waals surface area (Å²) in [7, 11) is 0. The Hall–Kier alpha value is -1.55. The molecule has 1 amide bonds. The largest absolute Gasteiger partial charge is 0.508 e. The van der Waals surface area contributed by atoms with Gasteiger partial charge in [-0.05, 0) is 23.6 Å². The van der Waals surface area contributed by atoms with Crippen molar-refractivity contribution in [1.29, 1.82) is 0 Å². The number of rotatable bonds is 5. The number of phenols is 1. The monoisotopic (exact) mass is 236 g/mol. The highest BCUT2D eigenvalue weighted by Gasteiger charge is 2.18. The summed E-state index contributed by atoms with van der Waals surface area (Å²) in [6.45, 7) is 4.41. The molecule has 0 saturated carbocycles. The van der Waals surface area contributed by atoms with Crippen LogP contribution in [-0.2, 0) is 11.3 Å². The van der Waals surface area contributed by atoms with Crippen LogP contribution < -0.4 is 11.1 Å². The van der Waals surface area contributed by atoms with E-state index in [1.807, 2.05) is 13.8 Å². The first-order valence-electron chi connectivity index (χ1n) is 5.85. The average Bonchev–Trinajstić information content (AvgIpc) is 2.35. The van der Waals surface area contributed by atoms with Crippen molar-refractivity contribution in [2.24, 2.45) is 11.7 Å². The fourth-order valence-electron chi connectivity index (χ4n) is 1.43. The number of phenolic OH excluding ortho intramolecular Hbond substituents is 1. The van der Waals surface area contributed by atoms with Crippen LogP contribution in [0.4, 0.5) is 0 Å². The van der Waals surface area contributed by atoms with E-state index in [2.05, 4.69) is 5.32 Å². The zero-order valence-electron chi connectivity index (χ0n) is 10.3. The molecule has 0 saturated heterocycles. The molecule has 1 aromatic rings. The minimum absolute atomic E-state index is 0.132. The minimum atomic E-state index is -0.461. The summed E-state index contributed by atoms with van der Waals surface area (Å²) in [5.41, 5.74) is 6.74. The number of amides is 1. The molecule has 4 nitrogen and oxygen atoms in total. The Morgan fingerprint density at radius 1 is 1.41 bits per heavy atom. The number of nitrogens with two attached hydrogens (primary N) is 1. The van der Waals surface area contributed by atoms with Crippen LogP contribution in [-0.4, -0.2) is 17.1 Å². The van der Waals surface area contributed by atoms with Crippen molar-refractivity contribution in [3.8, 4) is 5.75 Å². The van der Waals surface area contributed by atoms with Gasteiger partial charge in [-0.25, -0.2) is 0 Å². The number of nitrogens with one attached hydrogen (secondary N) is 1. The molecular weight excluding hydrogens is 216 g/mol. The van der Waals surface area contributed by atoms with E-state index in [9.17, 15) is 4.79 Å². The molecule has 0 aromatic heterocycles. The van der Waals surface area contributed by atoms with Gasteiger partial charge in [0.25, 0.3) is 0 Å². The van der Waals surface area contributed by atoms with E-state index in [1.165, 1.54) is 0 Å².